The Morgan fingerprint density at radius 1 is 1.35 bits per heavy atom. The average Bonchev–Trinajstić information content (AvgIpc) is 3.02. The van der Waals surface area contributed by atoms with Crippen molar-refractivity contribution in [2.75, 3.05) is 13.1 Å². The molecule has 1 aliphatic rings. The van der Waals surface area contributed by atoms with Gasteiger partial charge in [0.05, 0.1) is 0 Å². The van der Waals surface area contributed by atoms with Crippen molar-refractivity contribution in [2.24, 2.45) is 18.7 Å². The third-order valence-corrected chi connectivity index (χ3v) is 4.95. The van der Waals surface area contributed by atoms with E-state index in [4.69, 9.17) is 5.73 Å². The Bertz CT molecular complexity index is 902. The lowest BCUT2D eigenvalue weighted by molar-refractivity contribution is -0.135. The number of likely N-dealkylation sites (tertiary alicyclic amines) is 1. The molecule has 1 fully saturated rings. The summed E-state index contributed by atoms with van der Waals surface area (Å²) in [5, 5.41) is 0. The Morgan fingerprint density at radius 3 is 2.77 bits per heavy atom. The van der Waals surface area contributed by atoms with E-state index >= 15 is 0 Å². The number of aromatic amines is 2. The quantitative estimate of drug-likeness (QED) is 0.677. The number of piperidine rings is 1. The molecule has 0 radical (unpaired) electrons. The molecule has 10 heteroatoms. The van der Waals surface area contributed by atoms with Gasteiger partial charge in [0, 0.05) is 39.0 Å². The summed E-state index contributed by atoms with van der Waals surface area (Å²) in [5.41, 5.74) is 5.34. The molecule has 0 spiro atoms. The van der Waals surface area contributed by atoms with Gasteiger partial charge in [-0.3, -0.25) is 19.1 Å². The second-order valence-electron chi connectivity index (χ2n) is 6.81. The third-order valence-electron chi connectivity index (χ3n) is 4.95. The number of carbonyl (C=O) groups excluding carboxylic acids is 1. The number of hydrogen-bond donors (Lipinski definition) is 3. The number of aryl methyl sites for hydroxylation is 2. The molecule has 0 aromatic carbocycles. The molecule has 1 amide bonds. The zero-order valence-corrected chi connectivity index (χ0v) is 15.8. The largest absolute Gasteiger partial charge is 0.338 e. The number of rotatable bonds is 4. The molecule has 0 saturated carbocycles. The highest BCUT2D eigenvalue weighted by atomic mass is 35.5. The molecular weight excluding hydrogens is 360 g/mol. The van der Waals surface area contributed by atoms with E-state index in [0.717, 1.165) is 19.4 Å². The first-order valence-corrected chi connectivity index (χ1v) is 8.58. The first-order chi connectivity index (χ1) is 11.9. The number of nitrogens with one attached hydrogen (secondary N) is 2. The number of nitrogens with two attached hydrogens (primary N) is 1. The topological polar surface area (TPSA) is 130 Å². The van der Waals surface area contributed by atoms with E-state index in [-0.39, 0.29) is 36.3 Å². The van der Waals surface area contributed by atoms with Crippen LogP contribution in [-0.2, 0) is 18.3 Å². The molecule has 1 saturated heterocycles. The molecule has 3 heterocycles. The molecular formula is C16H25ClN6O3. The summed E-state index contributed by atoms with van der Waals surface area (Å²) in [4.78, 5) is 47.3. The molecule has 1 aliphatic heterocycles. The zero-order chi connectivity index (χ0) is 18.1. The first kappa shape index (κ1) is 20.2. The van der Waals surface area contributed by atoms with E-state index in [1.807, 2.05) is 4.90 Å². The fraction of sp³-hybridized carbons (Fsp3) is 0.625. The number of hydrogen-bond acceptors (Lipinski definition) is 5. The molecule has 9 nitrogen and oxygen atoms in total. The van der Waals surface area contributed by atoms with Crippen LogP contribution in [-0.4, -0.2) is 49.5 Å². The maximum Gasteiger partial charge on any atom is 0.329 e. The smallest absolute Gasteiger partial charge is 0.329 e. The van der Waals surface area contributed by atoms with Gasteiger partial charge in [-0.25, -0.2) is 9.78 Å². The standard InChI is InChI=1S/C16H24N6O3.ClH/c1-9-5-6-22(10(7-9)8-17)12(23)4-3-11-18-13-14(19-11)21(2)16(25)20-15(13)24;/h9-10H,3-8,17H2,1-2H3,(H,18,19)(H,20,24,25);1H. The lowest BCUT2D eigenvalue weighted by atomic mass is 9.92. The second-order valence-corrected chi connectivity index (χ2v) is 6.81. The molecule has 2 aromatic rings. The number of fused-ring (bicyclic) bond motifs is 1. The number of amides is 1. The molecule has 2 aromatic heterocycles. The van der Waals surface area contributed by atoms with Crippen LogP contribution >= 0.6 is 12.4 Å². The number of halogens is 1. The Labute approximate surface area is 156 Å². The fourth-order valence-electron chi connectivity index (χ4n) is 3.44. The van der Waals surface area contributed by atoms with Crippen LogP contribution in [0.25, 0.3) is 11.2 Å². The van der Waals surface area contributed by atoms with Crippen LogP contribution < -0.4 is 17.0 Å². The molecule has 0 bridgehead atoms. The zero-order valence-electron chi connectivity index (χ0n) is 14.9. The second kappa shape index (κ2) is 8.05. The van der Waals surface area contributed by atoms with E-state index in [2.05, 4.69) is 21.9 Å². The van der Waals surface area contributed by atoms with Crippen LogP contribution in [0, 0.1) is 5.92 Å². The van der Waals surface area contributed by atoms with E-state index in [9.17, 15) is 14.4 Å². The third kappa shape index (κ3) is 3.83. The monoisotopic (exact) mass is 384 g/mol. The summed E-state index contributed by atoms with van der Waals surface area (Å²) < 4.78 is 1.27. The van der Waals surface area contributed by atoms with Gasteiger partial charge >= 0.3 is 5.69 Å². The van der Waals surface area contributed by atoms with E-state index < -0.39 is 11.2 Å². The van der Waals surface area contributed by atoms with Gasteiger partial charge in [-0.05, 0) is 18.8 Å². The van der Waals surface area contributed by atoms with Gasteiger partial charge in [0.1, 0.15) is 11.3 Å². The molecule has 144 valence electrons. The Hall–Kier alpha value is -2.13. The van der Waals surface area contributed by atoms with Gasteiger partial charge in [0.2, 0.25) is 5.91 Å². The van der Waals surface area contributed by atoms with E-state index in [1.54, 1.807) is 0 Å². The average molecular weight is 385 g/mol. The lowest BCUT2D eigenvalue weighted by Gasteiger charge is -2.38. The number of imidazole rings is 1. The van der Waals surface area contributed by atoms with E-state index in [1.165, 1.54) is 11.6 Å². The Morgan fingerprint density at radius 2 is 2.08 bits per heavy atom. The van der Waals surface area contributed by atoms with Gasteiger partial charge in [-0.15, -0.1) is 12.4 Å². The highest BCUT2D eigenvalue weighted by Crippen LogP contribution is 2.22. The molecule has 3 rings (SSSR count). The summed E-state index contributed by atoms with van der Waals surface area (Å²) in [6, 6.07) is 0.0931. The predicted octanol–water partition coefficient (Wildman–Crippen LogP) is -0.110. The maximum absolute atomic E-state index is 12.6. The lowest BCUT2D eigenvalue weighted by Crippen LogP contribution is -2.49. The summed E-state index contributed by atoms with van der Waals surface area (Å²) in [5.74, 6) is 1.15. The van der Waals surface area contributed by atoms with Crippen molar-refractivity contribution in [3.8, 4) is 0 Å². The van der Waals surface area contributed by atoms with Crippen molar-refractivity contribution in [3.05, 3.63) is 26.7 Å². The van der Waals surface area contributed by atoms with Crippen LogP contribution in [0.4, 0.5) is 0 Å². The van der Waals surface area contributed by atoms with Crippen LogP contribution in [0.15, 0.2) is 9.59 Å². The summed E-state index contributed by atoms with van der Waals surface area (Å²) in [6.45, 7) is 3.38. The van der Waals surface area contributed by atoms with Crippen molar-refractivity contribution >= 4 is 29.5 Å². The first-order valence-electron chi connectivity index (χ1n) is 8.58. The van der Waals surface area contributed by atoms with Gasteiger partial charge < -0.3 is 15.6 Å². The minimum atomic E-state index is -0.514. The van der Waals surface area contributed by atoms with Crippen molar-refractivity contribution in [2.45, 2.75) is 38.6 Å². The van der Waals surface area contributed by atoms with Crippen molar-refractivity contribution < 1.29 is 4.79 Å². The van der Waals surface area contributed by atoms with Gasteiger partial charge in [-0.2, -0.15) is 0 Å². The van der Waals surface area contributed by atoms with Crippen LogP contribution in [0.3, 0.4) is 0 Å². The van der Waals surface area contributed by atoms with Crippen molar-refractivity contribution in [1.29, 1.82) is 0 Å². The Kier molecular flexibility index (Phi) is 6.25. The van der Waals surface area contributed by atoms with Gasteiger partial charge in [-0.1, -0.05) is 6.92 Å². The summed E-state index contributed by atoms with van der Waals surface area (Å²) >= 11 is 0. The van der Waals surface area contributed by atoms with Crippen LogP contribution in [0.5, 0.6) is 0 Å². The highest BCUT2D eigenvalue weighted by Gasteiger charge is 2.28. The SMILES string of the molecule is CC1CCN(C(=O)CCc2nc3c([nH]2)c(=O)[nH]c(=O)n3C)C(CN)C1.Cl. The Balaban J connectivity index is 0.00000243. The normalized spacial score (nSPS) is 20.2. The maximum atomic E-state index is 12.6. The van der Waals surface area contributed by atoms with Crippen LogP contribution in [0.1, 0.15) is 32.0 Å². The van der Waals surface area contributed by atoms with E-state index in [0.29, 0.717) is 30.4 Å². The highest BCUT2D eigenvalue weighted by molar-refractivity contribution is 5.85. The predicted molar refractivity (Wildman–Crippen MR) is 100 cm³/mol. The number of carbonyl (C=O) groups is 1. The minimum absolute atomic E-state index is 0. The summed E-state index contributed by atoms with van der Waals surface area (Å²) in [7, 11) is 1.54. The molecule has 4 N–H and O–H groups in total. The number of aromatic nitrogens is 4. The molecule has 0 aliphatic carbocycles. The van der Waals surface area contributed by atoms with Crippen molar-refractivity contribution in [3.63, 3.8) is 0 Å². The van der Waals surface area contributed by atoms with Gasteiger partial charge in [0.25, 0.3) is 5.56 Å². The molecule has 2 atom stereocenters. The molecule has 2 unspecified atom stereocenters. The van der Waals surface area contributed by atoms with Crippen molar-refractivity contribution in [1.82, 2.24) is 24.4 Å². The van der Waals surface area contributed by atoms with Crippen LogP contribution in [0.2, 0.25) is 0 Å². The summed E-state index contributed by atoms with van der Waals surface area (Å²) in [6.07, 6.45) is 2.59. The minimum Gasteiger partial charge on any atom is -0.338 e. The fourth-order valence-corrected chi connectivity index (χ4v) is 3.44. The van der Waals surface area contributed by atoms with Gasteiger partial charge in [0.15, 0.2) is 5.65 Å². The number of H-pyrrole nitrogens is 2. The molecule has 26 heavy (non-hydrogen) atoms. The number of nitrogens with zero attached hydrogens (tertiary/aromatic N) is 3.